The van der Waals surface area contributed by atoms with Gasteiger partial charge in [0, 0.05) is 41.3 Å². The van der Waals surface area contributed by atoms with Crippen LogP contribution in [0.5, 0.6) is 0 Å². The van der Waals surface area contributed by atoms with Crippen molar-refractivity contribution in [3.63, 3.8) is 0 Å². The van der Waals surface area contributed by atoms with E-state index >= 15 is 4.39 Å². The Bertz CT molecular complexity index is 1400. The summed E-state index contributed by atoms with van der Waals surface area (Å²) in [6.45, 7) is 6.75. The summed E-state index contributed by atoms with van der Waals surface area (Å²) in [6, 6.07) is 10.1. The Morgan fingerprint density at radius 1 is 1.03 bits per heavy atom. The fourth-order valence-electron chi connectivity index (χ4n) is 4.62. The number of alkyl carbamates (subject to hydrolysis) is 1. The Kier molecular flexibility index (Phi) is 8.18. The Balaban J connectivity index is 1.46. The zero-order valence-electron chi connectivity index (χ0n) is 22.3. The molecule has 1 aliphatic heterocycles. The molecule has 4 N–H and O–H groups in total. The molecule has 0 bridgehead atoms. The third kappa shape index (κ3) is 6.36. The van der Waals surface area contributed by atoms with Crippen molar-refractivity contribution in [1.29, 1.82) is 0 Å². The van der Waals surface area contributed by atoms with Crippen LogP contribution in [0.2, 0.25) is 0 Å². The molecule has 1 fully saturated rings. The van der Waals surface area contributed by atoms with Crippen LogP contribution >= 0.6 is 0 Å². The summed E-state index contributed by atoms with van der Waals surface area (Å²) in [5, 5.41) is 8.28. The van der Waals surface area contributed by atoms with Gasteiger partial charge in [0.25, 0.3) is 0 Å². The summed E-state index contributed by atoms with van der Waals surface area (Å²) in [4.78, 5) is 53.7. The second kappa shape index (κ2) is 11.5. The number of halogens is 1. The molecular formula is C28H32FN5O5. The van der Waals surface area contributed by atoms with Gasteiger partial charge in [0.2, 0.25) is 17.7 Å². The molecule has 2 heterocycles. The quantitative estimate of drug-likeness (QED) is 0.355. The lowest BCUT2D eigenvalue weighted by molar-refractivity contribution is -0.138. The summed E-state index contributed by atoms with van der Waals surface area (Å²) in [7, 11) is 0. The number of fused-ring (bicyclic) bond motifs is 1. The number of amides is 4. The first kappa shape index (κ1) is 27.6. The van der Waals surface area contributed by atoms with Crippen LogP contribution in [0.15, 0.2) is 42.5 Å². The second-order valence-electron chi connectivity index (χ2n) is 9.83. The van der Waals surface area contributed by atoms with Gasteiger partial charge in [0.15, 0.2) is 5.82 Å². The van der Waals surface area contributed by atoms with Crippen LogP contribution in [0, 0.1) is 5.82 Å². The van der Waals surface area contributed by atoms with E-state index in [0.29, 0.717) is 47.2 Å². The zero-order valence-corrected chi connectivity index (χ0v) is 22.3. The first-order valence-corrected chi connectivity index (χ1v) is 12.8. The van der Waals surface area contributed by atoms with E-state index < -0.39 is 24.0 Å². The maximum Gasteiger partial charge on any atom is 0.408 e. The van der Waals surface area contributed by atoms with Crippen LogP contribution in [0.4, 0.5) is 20.6 Å². The maximum absolute atomic E-state index is 15.4. The van der Waals surface area contributed by atoms with Crippen LogP contribution < -0.4 is 16.0 Å². The zero-order chi connectivity index (χ0) is 28.3. The van der Waals surface area contributed by atoms with Crippen LogP contribution in [-0.4, -0.2) is 58.4 Å². The Morgan fingerprint density at radius 2 is 1.72 bits per heavy atom. The predicted octanol–water partition coefficient (Wildman–Crippen LogP) is 4.39. The number of anilines is 2. The van der Waals surface area contributed by atoms with E-state index in [0.717, 1.165) is 0 Å². The lowest BCUT2D eigenvalue weighted by atomic mass is 10.1. The number of rotatable bonds is 7. The van der Waals surface area contributed by atoms with Crippen molar-refractivity contribution < 1.29 is 28.3 Å². The number of H-pyrrole nitrogens is 1. The van der Waals surface area contributed by atoms with Crippen molar-refractivity contribution in [2.75, 3.05) is 17.2 Å². The number of carbonyl (C=O) groups is 4. The standard InChI is InChI=1S/C28H32FN5O5/c1-15(2)39-28(38)30-16(3)27(37)34-13-5-6-23(34)26(36)32-20-11-12-22-21(14-20)24(29)25(33-22)18-7-9-19(10-8-18)31-17(4)35/h7-12,14-16,23,33H,5-6,13H2,1-4H3,(H,30,38)(H,31,35)(H,32,36)/t16-,23+/m1/s1. The number of nitrogens with one attached hydrogen (secondary N) is 4. The van der Waals surface area contributed by atoms with Crippen molar-refractivity contribution in [2.24, 2.45) is 0 Å². The molecule has 0 radical (unpaired) electrons. The average Bonchev–Trinajstić information content (AvgIpc) is 3.48. The molecule has 0 spiro atoms. The van der Waals surface area contributed by atoms with Crippen molar-refractivity contribution in [3.05, 3.63) is 48.3 Å². The highest BCUT2D eigenvalue weighted by Crippen LogP contribution is 2.31. The van der Waals surface area contributed by atoms with Crippen LogP contribution in [0.25, 0.3) is 22.2 Å². The molecule has 10 nitrogen and oxygen atoms in total. The minimum absolute atomic E-state index is 0.197. The third-order valence-electron chi connectivity index (χ3n) is 6.38. The number of carbonyl (C=O) groups excluding carboxylic acids is 4. The van der Waals surface area contributed by atoms with Gasteiger partial charge in [-0.1, -0.05) is 12.1 Å². The van der Waals surface area contributed by atoms with Crippen LogP contribution in [-0.2, 0) is 19.1 Å². The number of nitrogens with zero attached hydrogens (tertiary/aromatic N) is 1. The monoisotopic (exact) mass is 537 g/mol. The van der Waals surface area contributed by atoms with Gasteiger partial charge in [-0.2, -0.15) is 0 Å². The molecule has 206 valence electrons. The fraction of sp³-hybridized carbons (Fsp3) is 0.357. The molecule has 0 aliphatic carbocycles. The predicted molar refractivity (Wildman–Crippen MR) is 146 cm³/mol. The first-order chi connectivity index (χ1) is 18.5. The van der Waals surface area contributed by atoms with E-state index in [2.05, 4.69) is 20.9 Å². The molecule has 2 atom stereocenters. The van der Waals surface area contributed by atoms with Crippen molar-refractivity contribution in [2.45, 2.75) is 58.7 Å². The van der Waals surface area contributed by atoms with Gasteiger partial charge in [0.05, 0.1) is 11.8 Å². The Morgan fingerprint density at radius 3 is 2.38 bits per heavy atom. The lowest BCUT2D eigenvalue weighted by Crippen LogP contribution is -2.51. The molecule has 1 saturated heterocycles. The number of aromatic nitrogens is 1. The SMILES string of the molecule is CC(=O)Nc1ccc(-c2[nH]c3ccc(NC(=O)[C@@H]4CCCN4C(=O)[C@@H](C)NC(=O)OC(C)C)cc3c2F)cc1. The number of benzene rings is 2. The Hall–Kier alpha value is -4.41. The minimum Gasteiger partial charge on any atom is -0.447 e. The molecule has 1 aromatic heterocycles. The van der Waals surface area contributed by atoms with E-state index in [1.165, 1.54) is 11.8 Å². The molecule has 2 aromatic carbocycles. The van der Waals surface area contributed by atoms with Gasteiger partial charge in [-0.15, -0.1) is 0 Å². The topological polar surface area (TPSA) is 133 Å². The number of likely N-dealkylation sites (tertiary alicyclic amines) is 1. The average molecular weight is 538 g/mol. The largest absolute Gasteiger partial charge is 0.447 e. The minimum atomic E-state index is -0.860. The molecule has 3 aromatic rings. The molecule has 39 heavy (non-hydrogen) atoms. The number of aromatic amines is 1. The van der Waals surface area contributed by atoms with E-state index in [4.69, 9.17) is 4.74 Å². The van der Waals surface area contributed by atoms with Gasteiger partial charge in [-0.25, -0.2) is 9.18 Å². The molecule has 0 saturated carbocycles. The summed E-state index contributed by atoms with van der Waals surface area (Å²) < 4.78 is 20.4. The highest BCUT2D eigenvalue weighted by atomic mass is 19.1. The second-order valence-corrected chi connectivity index (χ2v) is 9.83. The van der Waals surface area contributed by atoms with Gasteiger partial charge < -0.3 is 30.6 Å². The lowest BCUT2D eigenvalue weighted by Gasteiger charge is -2.27. The summed E-state index contributed by atoms with van der Waals surface area (Å²) in [5.74, 6) is -1.44. The van der Waals surface area contributed by atoms with Gasteiger partial charge >= 0.3 is 6.09 Å². The summed E-state index contributed by atoms with van der Waals surface area (Å²) >= 11 is 0. The van der Waals surface area contributed by atoms with E-state index in [1.807, 2.05) is 0 Å². The molecule has 11 heteroatoms. The molecule has 0 unspecified atom stereocenters. The maximum atomic E-state index is 15.4. The van der Waals surface area contributed by atoms with Gasteiger partial charge in [0.1, 0.15) is 12.1 Å². The number of hydrogen-bond donors (Lipinski definition) is 4. The molecule has 4 amide bonds. The number of hydrogen-bond acceptors (Lipinski definition) is 5. The molecule has 4 rings (SSSR count). The summed E-state index contributed by atoms with van der Waals surface area (Å²) in [5.41, 5.74) is 2.44. The normalized spacial score (nSPS) is 15.7. The molecular weight excluding hydrogens is 505 g/mol. The van der Waals surface area contributed by atoms with E-state index in [9.17, 15) is 19.2 Å². The molecule has 1 aliphatic rings. The number of ether oxygens (including phenoxy) is 1. The van der Waals surface area contributed by atoms with E-state index in [-0.39, 0.29) is 29.5 Å². The van der Waals surface area contributed by atoms with E-state index in [1.54, 1.807) is 63.2 Å². The first-order valence-electron chi connectivity index (χ1n) is 12.8. The smallest absolute Gasteiger partial charge is 0.408 e. The fourth-order valence-corrected chi connectivity index (χ4v) is 4.62. The Labute approximate surface area is 225 Å². The highest BCUT2D eigenvalue weighted by molar-refractivity contribution is 6.00. The van der Waals surface area contributed by atoms with Gasteiger partial charge in [-0.3, -0.25) is 14.4 Å². The van der Waals surface area contributed by atoms with Crippen LogP contribution in [0.1, 0.15) is 40.5 Å². The van der Waals surface area contributed by atoms with Crippen LogP contribution in [0.3, 0.4) is 0 Å². The summed E-state index contributed by atoms with van der Waals surface area (Å²) in [6.07, 6.45) is 0.0882. The van der Waals surface area contributed by atoms with Gasteiger partial charge in [-0.05, 0) is 63.9 Å². The third-order valence-corrected chi connectivity index (χ3v) is 6.38. The van der Waals surface area contributed by atoms with Crippen molar-refractivity contribution in [1.82, 2.24) is 15.2 Å². The van der Waals surface area contributed by atoms with Crippen molar-refractivity contribution in [3.8, 4) is 11.3 Å². The van der Waals surface area contributed by atoms with Crippen molar-refractivity contribution >= 4 is 46.1 Å². The highest BCUT2D eigenvalue weighted by Gasteiger charge is 2.36.